The largest absolute Gasteiger partial charge is 0.479 e. The van der Waals surface area contributed by atoms with E-state index in [1.165, 1.54) is 26.3 Å². The molecule has 3 atom stereocenters. The van der Waals surface area contributed by atoms with Gasteiger partial charge >= 0.3 is 0 Å². The molecular weight excluding hydrogens is 537 g/mol. The fourth-order valence-electron chi connectivity index (χ4n) is 5.77. The number of aliphatic hydroxyl groups is 1. The van der Waals surface area contributed by atoms with E-state index in [1.54, 1.807) is 30.0 Å². The number of fused-ring (bicyclic) bond motifs is 3. The second kappa shape index (κ2) is 11.0. The maximum Gasteiger partial charge on any atom is 0.250 e. The first-order chi connectivity index (χ1) is 20.3. The average Bonchev–Trinajstić information content (AvgIpc) is 3.42. The topological polar surface area (TPSA) is 112 Å². The summed E-state index contributed by atoms with van der Waals surface area (Å²) in [5.74, 6) is 4.57. The summed E-state index contributed by atoms with van der Waals surface area (Å²) in [6.45, 7) is 5.90. The number of nitriles is 1. The van der Waals surface area contributed by atoms with Crippen molar-refractivity contribution in [3.8, 4) is 34.9 Å². The van der Waals surface area contributed by atoms with Crippen LogP contribution in [0.5, 0.6) is 5.88 Å². The zero-order valence-electron chi connectivity index (χ0n) is 23.6. The van der Waals surface area contributed by atoms with E-state index in [-0.39, 0.29) is 5.88 Å². The number of nitrogens with zero attached hydrogens (tertiary/aromatic N) is 7. The van der Waals surface area contributed by atoms with Crippen molar-refractivity contribution >= 4 is 11.3 Å². The van der Waals surface area contributed by atoms with Gasteiger partial charge in [0.05, 0.1) is 24.4 Å². The Morgan fingerprint density at radius 2 is 1.98 bits per heavy atom. The number of piperidine rings is 1. The van der Waals surface area contributed by atoms with Crippen LogP contribution in [0.1, 0.15) is 37.0 Å². The van der Waals surface area contributed by atoms with Crippen molar-refractivity contribution in [3.63, 3.8) is 0 Å². The lowest BCUT2D eigenvalue weighted by atomic mass is 9.87. The molecule has 11 heteroatoms. The third-order valence-corrected chi connectivity index (χ3v) is 7.75. The quantitative estimate of drug-likeness (QED) is 0.265. The smallest absolute Gasteiger partial charge is 0.250 e. The lowest BCUT2D eigenvalue weighted by Gasteiger charge is -2.56. The van der Waals surface area contributed by atoms with Crippen LogP contribution in [0.3, 0.4) is 0 Å². The highest BCUT2D eigenvalue weighted by Crippen LogP contribution is 2.36. The number of methoxy groups -OCH3 is 1. The Hall–Kier alpha value is -4.55. The highest BCUT2D eigenvalue weighted by Gasteiger charge is 2.44. The van der Waals surface area contributed by atoms with Gasteiger partial charge in [0.25, 0.3) is 0 Å². The van der Waals surface area contributed by atoms with Gasteiger partial charge in [-0.15, -0.1) is 0 Å². The standard InChI is InChI=1S/C31H30FN7O3/c1-4-42-31(2,40)8-7-20-9-26(29-23(12-33)15-36-39(29)17-20)22-5-6-28(34-14-22)37-18-24-11-25(19-37)38(24)16-21-10-27(32)30(41-3)35-13-21/h5-6,9-10,13-15,17,24-25,40H,4,11,16,18-19H2,1-3H3. The minimum Gasteiger partial charge on any atom is -0.479 e. The molecule has 7 rings (SSSR count). The molecule has 0 spiro atoms. The average molecular weight is 568 g/mol. The predicted molar refractivity (Wildman–Crippen MR) is 153 cm³/mol. The Balaban J connectivity index is 1.21. The molecule has 0 amide bonds. The zero-order valence-corrected chi connectivity index (χ0v) is 23.6. The van der Waals surface area contributed by atoms with Gasteiger partial charge in [-0.3, -0.25) is 4.90 Å². The molecule has 2 bridgehead atoms. The molecule has 4 aromatic heterocycles. The molecule has 3 aliphatic heterocycles. The fourth-order valence-corrected chi connectivity index (χ4v) is 5.77. The number of piperazine rings is 1. The summed E-state index contributed by atoms with van der Waals surface area (Å²) in [4.78, 5) is 13.5. The summed E-state index contributed by atoms with van der Waals surface area (Å²) in [5, 5.41) is 24.3. The Labute approximate surface area is 242 Å². The van der Waals surface area contributed by atoms with Crippen LogP contribution in [0.15, 0.2) is 49.1 Å². The zero-order chi connectivity index (χ0) is 29.4. The normalized spacial score (nSPS) is 19.4. The van der Waals surface area contributed by atoms with Crippen molar-refractivity contribution < 1.29 is 19.0 Å². The maximum atomic E-state index is 14.1. The number of ether oxygens (including phenoxy) is 2. The van der Waals surface area contributed by atoms with E-state index < -0.39 is 11.6 Å². The predicted octanol–water partition coefficient (Wildman–Crippen LogP) is 3.37. The maximum absolute atomic E-state index is 14.1. The van der Waals surface area contributed by atoms with Gasteiger partial charge in [-0.2, -0.15) is 10.4 Å². The van der Waals surface area contributed by atoms with Crippen LogP contribution in [0.2, 0.25) is 0 Å². The van der Waals surface area contributed by atoms with Crippen LogP contribution in [0.4, 0.5) is 10.2 Å². The van der Waals surface area contributed by atoms with Crippen molar-refractivity contribution in [1.29, 1.82) is 5.26 Å². The molecule has 3 aliphatic rings. The van der Waals surface area contributed by atoms with Crippen molar-refractivity contribution in [1.82, 2.24) is 24.5 Å². The highest BCUT2D eigenvalue weighted by atomic mass is 19.1. The molecule has 0 aromatic carbocycles. The van der Waals surface area contributed by atoms with Crippen LogP contribution in [-0.2, 0) is 11.3 Å². The molecule has 0 saturated carbocycles. The van der Waals surface area contributed by atoms with Gasteiger partial charge < -0.3 is 19.5 Å². The number of hydrogen-bond acceptors (Lipinski definition) is 9. The molecule has 3 unspecified atom stereocenters. The summed E-state index contributed by atoms with van der Waals surface area (Å²) in [6, 6.07) is 10.3. The van der Waals surface area contributed by atoms with E-state index >= 15 is 0 Å². The molecule has 10 nitrogen and oxygen atoms in total. The van der Waals surface area contributed by atoms with E-state index in [4.69, 9.17) is 14.5 Å². The Morgan fingerprint density at radius 3 is 2.64 bits per heavy atom. The van der Waals surface area contributed by atoms with E-state index in [2.05, 4.69) is 37.8 Å². The number of anilines is 1. The lowest BCUT2D eigenvalue weighted by molar-refractivity contribution is -0.141. The Kier molecular flexibility index (Phi) is 7.25. The first-order valence-electron chi connectivity index (χ1n) is 13.7. The molecule has 0 aliphatic carbocycles. The van der Waals surface area contributed by atoms with E-state index in [1.807, 2.05) is 18.2 Å². The van der Waals surface area contributed by atoms with Gasteiger partial charge in [-0.1, -0.05) is 5.92 Å². The molecule has 214 valence electrons. The molecule has 7 heterocycles. The molecule has 4 aromatic rings. The SMILES string of the molecule is CCOC(C)(O)C#Cc1cc(-c2ccc(N3CC4CC(C3)N4Cc3cnc(OC)c(F)c3)nc2)c2c(C#N)cnn2c1. The molecular formula is C31H30FN7O3. The number of rotatable bonds is 7. The first kappa shape index (κ1) is 27.6. The minimum absolute atomic E-state index is 0.00967. The number of pyridine rings is 3. The third kappa shape index (κ3) is 5.26. The van der Waals surface area contributed by atoms with Crippen LogP contribution in [-0.4, -0.2) is 74.3 Å². The van der Waals surface area contributed by atoms with Crippen molar-refractivity contribution in [2.75, 3.05) is 31.7 Å². The van der Waals surface area contributed by atoms with Gasteiger partial charge in [0.2, 0.25) is 11.7 Å². The number of aromatic nitrogens is 4. The number of halogens is 1. The minimum atomic E-state index is -1.58. The molecule has 3 fully saturated rings. The van der Waals surface area contributed by atoms with Crippen molar-refractivity contribution in [2.45, 2.75) is 44.7 Å². The Bertz CT molecular complexity index is 1720. The fraction of sp³-hybridized carbons (Fsp3) is 0.355. The van der Waals surface area contributed by atoms with Gasteiger partial charge in [0, 0.05) is 80.5 Å². The van der Waals surface area contributed by atoms with Crippen molar-refractivity contribution in [3.05, 3.63) is 71.6 Å². The van der Waals surface area contributed by atoms with Gasteiger partial charge in [-0.05, 0) is 49.1 Å². The van der Waals surface area contributed by atoms with E-state index in [9.17, 15) is 14.8 Å². The van der Waals surface area contributed by atoms with E-state index in [0.717, 1.165) is 42.0 Å². The monoisotopic (exact) mass is 567 g/mol. The third-order valence-electron chi connectivity index (χ3n) is 7.75. The molecule has 0 radical (unpaired) electrons. The summed E-state index contributed by atoms with van der Waals surface area (Å²) in [7, 11) is 1.41. The first-order valence-corrected chi connectivity index (χ1v) is 13.7. The summed E-state index contributed by atoms with van der Waals surface area (Å²) in [6.07, 6.45) is 7.82. The van der Waals surface area contributed by atoms with Gasteiger partial charge in [0.15, 0.2) is 5.82 Å². The second-order valence-corrected chi connectivity index (χ2v) is 10.6. The Morgan fingerprint density at radius 1 is 1.17 bits per heavy atom. The van der Waals surface area contributed by atoms with Crippen LogP contribution >= 0.6 is 0 Å². The van der Waals surface area contributed by atoms with Crippen LogP contribution in [0, 0.1) is 29.0 Å². The molecule has 42 heavy (non-hydrogen) atoms. The lowest BCUT2D eigenvalue weighted by Crippen LogP contribution is -2.68. The van der Waals surface area contributed by atoms with Gasteiger partial charge in [-0.25, -0.2) is 18.9 Å². The van der Waals surface area contributed by atoms with Crippen molar-refractivity contribution in [2.24, 2.45) is 0 Å². The number of hydrogen-bond donors (Lipinski definition) is 1. The van der Waals surface area contributed by atoms with Gasteiger partial charge in [0.1, 0.15) is 11.9 Å². The summed E-state index contributed by atoms with van der Waals surface area (Å²) in [5.41, 5.74) is 4.12. The summed E-state index contributed by atoms with van der Waals surface area (Å²) >= 11 is 0. The molecule has 3 saturated heterocycles. The summed E-state index contributed by atoms with van der Waals surface area (Å²) < 4.78 is 26.0. The van der Waals surface area contributed by atoms with Crippen LogP contribution in [0.25, 0.3) is 16.6 Å². The second-order valence-electron chi connectivity index (χ2n) is 10.6. The highest BCUT2D eigenvalue weighted by molar-refractivity contribution is 5.85. The van der Waals surface area contributed by atoms with Crippen LogP contribution < -0.4 is 9.64 Å². The molecule has 1 N–H and O–H groups in total. The van der Waals surface area contributed by atoms with E-state index in [0.29, 0.717) is 41.9 Å².